The number of rotatable bonds is 4. The average Bonchev–Trinajstić information content (AvgIpc) is 2.78. The van der Waals surface area contributed by atoms with Gasteiger partial charge in [-0.2, -0.15) is 4.98 Å². The maximum Gasteiger partial charge on any atom is 0.278 e. The van der Waals surface area contributed by atoms with Gasteiger partial charge in [-0.1, -0.05) is 0 Å². The van der Waals surface area contributed by atoms with E-state index in [0.29, 0.717) is 5.76 Å². The summed E-state index contributed by atoms with van der Waals surface area (Å²) in [6, 6.07) is 5.81. The van der Waals surface area contributed by atoms with Gasteiger partial charge in [-0.15, -0.1) is 0 Å². The summed E-state index contributed by atoms with van der Waals surface area (Å²) in [5.74, 6) is 0.721. The molecule has 7 nitrogen and oxygen atoms in total. The Balaban J connectivity index is 2.13. The van der Waals surface area contributed by atoms with Crippen LogP contribution < -0.4 is 10.5 Å². The largest absolute Gasteiger partial charge is 0.469 e. The van der Waals surface area contributed by atoms with Crippen LogP contribution in [-0.4, -0.2) is 9.91 Å². The standard InChI is InChI=1S/C10H9N3O4/c11-9-4-7(13(14)15)5-10(12-9)17-6-8-2-1-3-16-8/h1-5H,6H2,(H2,11,12). The first-order valence-corrected chi connectivity index (χ1v) is 4.72. The van der Waals surface area contributed by atoms with Crippen LogP contribution in [0.3, 0.4) is 0 Å². The first-order valence-electron chi connectivity index (χ1n) is 4.72. The maximum absolute atomic E-state index is 10.6. The smallest absolute Gasteiger partial charge is 0.278 e. The number of anilines is 1. The van der Waals surface area contributed by atoms with Crippen LogP contribution >= 0.6 is 0 Å². The lowest BCUT2D eigenvalue weighted by molar-refractivity contribution is -0.384. The van der Waals surface area contributed by atoms with Crippen molar-refractivity contribution in [2.24, 2.45) is 0 Å². The number of nitrogens with zero attached hydrogens (tertiary/aromatic N) is 2. The number of hydrogen-bond donors (Lipinski definition) is 1. The van der Waals surface area contributed by atoms with Gasteiger partial charge in [-0.25, -0.2) is 0 Å². The summed E-state index contributed by atoms with van der Waals surface area (Å²) in [6.07, 6.45) is 1.51. The minimum Gasteiger partial charge on any atom is -0.469 e. The second-order valence-electron chi connectivity index (χ2n) is 3.21. The van der Waals surface area contributed by atoms with Crippen LogP contribution in [0.15, 0.2) is 34.9 Å². The Labute approximate surface area is 96.0 Å². The number of hydrogen-bond acceptors (Lipinski definition) is 6. The summed E-state index contributed by atoms with van der Waals surface area (Å²) in [7, 11) is 0. The Morgan fingerprint density at radius 1 is 1.53 bits per heavy atom. The minimum atomic E-state index is -0.558. The van der Waals surface area contributed by atoms with Crippen molar-refractivity contribution in [3.8, 4) is 5.88 Å². The van der Waals surface area contributed by atoms with Crippen molar-refractivity contribution in [1.29, 1.82) is 0 Å². The van der Waals surface area contributed by atoms with Gasteiger partial charge in [0, 0.05) is 0 Å². The van der Waals surface area contributed by atoms with Crippen LogP contribution in [0.1, 0.15) is 5.76 Å². The van der Waals surface area contributed by atoms with Crippen LogP contribution in [0.25, 0.3) is 0 Å². The fourth-order valence-corrected chi connectivity index (χ4v) is 1.23. The van der Waals surface area contributed by atoms with E-state index in [2.05, 4.69) is 4.98 Å². The van der Waals surface area contributed by atoms with Crippen LogP contribution in [0.4, 0.5) is 11.5 Å². The van der Waals surface area contributed by atoms with Crippen LogP contribution in [-0.2, 0) is 6.61 Å². The van der Waals surface area contributed by atoms with E-state index >= 15 is 0 Å². The summed E-state index contributed by atoms with van der Waals surface area (Å²) in [5, 5.41) is 10.6. The van der Waals surface area contributed by atoms with E-state index in [1.54, 1.807) is 12.1 Å². The molecular weight excluding hydrogens is 226 g/mol. The number of nitrogens with two attached hydrogens (primary N) is 1. The summed E-state index contributed by atoms with van der Waals surface area (Å²) < 4.78 is 10.3. The Morgan fingerprint density at radius 2 is 2.35 bits per heavy atom. The van der Waals surface area contributed by atoms with Gasteiger partial charge >= 0.3 is 0 Å². The highest BCUT2D eigenvalue weighted by atomic mass is 16.6. The zero-order valence-electron chi connectivity index (χ0n) is 8.70. The Kier molecular flexibility index (Phi) is 2.91. The predicted molar refractivity (Wildman–Crippen MR) is 58.3 cm³/mol. The van der Waals surface area contributed by atoms with E-state index < -0.39 is 4.92 Å². The molecule has 0 unspecified atom stereocenters. The Hall–Kier alpha value is -2.57. The number of aromatic nitrogens is 1. The molecule has 0 aromatic carbocycles. The van der Waals surface area contributed by atoms with E-state index in [4.69, 9.17) is 14.9 Å². The van der Waals surface area contributed by atoms with E-state index in [-0.39, 0.29) is 24.0 Å². The zero-order chi connectivity index (χ0) is 12.3. The van der Waals surface area contributed by atoms with Crippen molar-refractivity contribution in [2.75, 3.05) is 5.73 Å². The highest BCUT2D eigenvalue weighted by molar-refractivity contribution is 5.45. The van der Waals surface area contributed by atoms with Crippen molar-refractivity contribution < 1.29 is 14.1 Å². The predicted octanol–water partition coefficient (Wildman–Crippen LogP) is 1.74. The maximum atomic E-state index is 10.6. The summed E-state index contributed by atoms with van der Waals surface area (Å²) in [5.41, 5.74) is 5.27. The van der Waals surface area contributed by atoms with E-state index in [1.165, 1.54) is 18.4 Å². The number of furan rings is 1. The van der Waals surface area contributed by atoms with Gasteiger partial charge in [0.05, 0.1) is 23.3 Å². The van der Waals surface area contributed by atoms with Crippen LogP contribution in [0.2, 0.25) is 0 Å². The topological polar surface area (TPSA) is 104 Å². The molecule has 2 N–H and O–H groups in total. The lowest BCUT2D eigenvalue weighted by Gasteiger charge is -2.03. The molecule has 0 saturated carbocycles. The first kappa shape index (κ1) is 10.9. The summed E-state index contributed by atoms with van der Waals surface area (Å²) >= 11 is 0. The van der Waals surface area contributed by atoms with E-state index in [0.717, 1.165) is 0 Å². The first-order chi connectivity index (χ1) is 8.15. The van der Waals surface area contributed by atoms with Gasteiger partial charge in [-0.3, -0.25) is 10.1 Å². The molecule has 2 rings (SSSR count). The highest BCUT2D eigenvalue weighted by Crippen LogP contribution is 2.21. The Morgan fingerprint density at radius 3 is 3.00 bits per heavy atom. The molecule has 2 aromatic rings. The molecule has 0 fully saturated rings. The molecule has 0 aliphatic heterocycles. The normalized spacial score (nSPS) is 10.1. The quantitative estimate of drug-likeness (QED) is 0.639. The van der Waals surface area contributed by atoms with Crippen molar-refractivity contribution in [3.05, 3.63) is 46.4 Å². The molecule has 2 heterocycles. The van der Waals surface area contributed by atoms with Gasteiger partial charge in [0.25, 0.3) is 5.69 Å². The molecule has 7 heteroatoms. The van der Waals surface area contributed by atoms with E-state index in [9.17, 15) is 10.1 Å². The molecular formula is C10H9N3O4. The van der Waals surface area contributed by atoms with Gasteiger partial charge in [0.2, 0.25) is 5.88 Å². The number of nitro groups is 1. The lowest BCUT2D eigenvalue weighted by atomic mass is 10.4. The number of pyridine rings is 1. The van der Waals surface area contributed by atoms with Crippen molar-refractivity contribution in [3.63, 3.8) is 0 Å². The van der Waals surface area contributed by atoms with E-state index in [1.807, 2.05) is 0 Å². The third kappa shape index (κ3) is 2.71. The van der Waals surface area contributed by atoms with Gasteiger partial charge in [-0.05, 0) is 12.1 Å². The van der Waals surface area contributed by atoms with Gasteiger partial charge < -0.3 is 14.9 Å². The fraction of sp³-hybridized carbons (Fsp3) is 0.100. The lowest BCUT2D eigenvalue weighted by Crippen LogP contribution is -2.00. The third-order valence-corrected chi connectivity index (χ3v) is 1.96. The van der Waals surface area contributed by atoms with Crippen molar-refractivity contribution in [1.82, 2.24) is 4.98 Å². The fourth-order valence-electron chi connectivity index (χ4n) is 1.23. The van der Waals surface area contributed by atoms with Crippen molar-refractivity contribution in [2.45, 2.75) is 6.61 Å². The monoisotopic (exact) mass is 235 g/mol. The SMILES string of the molecule is Nc1cc([N+](=O)[O-])cc(OCc2ccco2)n1. The van der Waals surface area contributed by atoms with Crippen LogP contribution in [0.5, 0.6) is 5.88 Å². The second-order valence-corrected chi connectivity index (χ2v) is 3.21. The molecule has 88 valence electrons. The second kappa shape index (κ2) is 4.52. The minimum absolute atomic E-state index is 0.0358. The highest BCUT2D eigenvalue weighted by Gasteiger charge is 2.11. The molecule has 2 aromatic heterocycles. The van der Waals surface area contributed by atoms with Crippen LogP contribution in [0, 0.1) is 10.1 Å². The molecule has 17 heavy (non-hydrogen) atoms. The molecule has 0 bridgehead atoms. The molecule has 0 aliphatic rings. The zero-order valence-corrected chi connectivity index (χ0v) is 8.70. The molecule has 0 aliphatic carbocycles. The van der Waals surface area contributed by atoms with Crippen molar-refractivity contribution >= 4 is 11.5 Å². The summed E-state index contributed by atoms with van der Waals surface area (Å²) in [4.78, 5) is 13.9. The third-order valence-electron chi connectivity index (χ3n) is 1.96. The molecule has 0 amide bonds. The Bertz CT molecular complexity index is 524. The molecule has 0 atom stereocenters. The molecule has 0 radical (unpaired) electrons. The van der Waals surface area contributed by atoms with Gasteiger partial charge in [0.15, 0.2) is 0 Å². The number of ether oxygens (including phenoxy) is 1. The molecule has 0 saturated heterocycles. The summed E-state index contributed by atoms with van der Waals surface area (Å²) in [6.45, 7) is 0.139. The van der Waals surface area contributed by atoms with Gasteiger partial charge in [0.1, 0.15) is 18.2 Å². The number of nitrogen functional groups attached to an aromatic ring is 1. The average molecular weight is 235 g/mol. The molecule has 0 spiro atoms.